The van der Waals surface area contributed by atoms with Crippen LogP contribution < -0.4 is 20.3 Å². The molecule has 0 bridgehead atoms. The lowest BCUT2D eigenvalue weighted by Crippen LogP contribution is -2.48. The van der Waals surface area contributed by atoms with Crippen molar-refractivity contribution < 1.29 is 23.1 Å². The van der Waals surface area contributed by atoms with E-state index in [1.54, 1.807) is 25.4 Å². The highest BCUT2D eigenvalue weighted by atomic mass is 28.4. The number of carbonyl (C=O) groups excluding carboxylic acids is 1. The van der Waals surface area contributed by atoms with E-state index in [2.05, 4.69) is 86.2 Å². The number of halogens is 1. The number of nitrogens with one attached hydrogen (secondary N) is 2. The minimum atomic E-state index is -2.05. The van der Waals surface area contributed by atoms with Gasteiger partial charge in [0, 0.05) is 77.7 Å². The van der Waals surface area contributed by atoms with Crippen LogP contribution >= 0.6 is 0 Å². The number of methoxy groups -OCH3 is 1. The van der Waals surface area contributed by atoms with Gasteiger partial charge in [-0.25, -0.2) is 14.4 Å². The van der Waals surface area contributed by atoms with Crippen molar-refractivity contribution in [1.29, 1.82) is 0 Å². The Labute approximate surface area is 367 Å². The number of hydrogen-bond donors (Lipinski definition) is 2. The Morgan fingerprint density at radius 3 is 2.15 bits per heavy atom. The quantitative estimate of drug-likeness (QED) is 0.0526. The van der Waals surface area contributed by atoms with E-state index < -0.39 is 16.4 Å². The zero-order valence-electron chi connectivity index (χ0n) is 39.5. The highest BCUT2D eigenvalue weighted by molar-refractivity contribution is 6.77. The first-order chi connectivity index (χ1) is 28.8. The van der Waals surface area contributed by atoms with Crippen molar-refractivity contribution >= 4 is 45.2 Å². The highest BCUT2D eigenvalue weighted by Gasteiger charge is 2.44. The average molecular weight is 876 g/mol. The van der Waals surface area contributed by atoms with E-state index in [9.17, 15) is 9.18 Å². The Balaban J connectivity index is 1.81. The summed E-state index contributed by atoms with van der Waals surface area (Å²) in [4.78, 5) is 27.0. The minimum absolute atomic E-state index is 0.0873. The van der Waals surface area contributed by atoms with Crippen LogP contribution in [0.3, 0.4) is 0 Å². The lowest BCUT2D eigenvalue weighted by atomic mass is 10.1. The van der Waals surface area contributed by atoms with E-state index in [0.717, 1.165) is 59.6 Å². The van der Waals surface area contributed by atoms with Crippen LogP contribution in [0.1, 0.15) is 67.1 Å². The minimum Gasteiger partial charge on any atom is -0.494 e. The topological polar surface area (TPSA) is 106 Å². The molecule has 336 valence electrons. The smallest absolute Gasteiger partial charge is 0.224 e. The molecular weight excluding hydrogens is 802 g/mol. The largest absolute Gasteiger partial charge is 0.494 e. The summed E-state index contributed by atoms with van der Waals surface area (Å²) in [5, 5.41) is 6.59. The Morgan fingerprint density at radius 2 is 1.56 bits per heavy atom. The standard InChI is InChI=1S/C47H74FN7O4Si2/c1-15-45(56)51-39-30-40(42(57-11)31-41(39)54(10)25-24-53(8)9)50-43-29-37(22-23-49-43)47-46(36-18-20-38(48)21-19-36)52-44(55(47)32-58-27-28-60(12,13)14)17-16-26-59-61(33(2)3,34(4)5)35(6)7/h18-23,29-31,33-35H,15-17,24-28,32H2,1-14H3,(H,49,50)(H,51,56). The fourth-order valence-corrected chi connectivity index (χ4v) is 14.4. The first-order valence-corrected chi connectivity index (χ1v) is 27.8. The lowest BCUT2D eigenvalue weighted by molar-refractivity contribution is -0.115. The first-order valence-electron chi connectivity index (χ1n) is 22.0. The van der Waals surface area contributed by atoms with Gasteiger partial charge < -0.3 is 38.9 Å². The number of rotatable bonds is 24. The van der Waals surface area contributed by atoms with Crippen LogP contribution in [0.4, 0.5) is 27.3 Å². The van der Waals surface area contributed by atoms with Gasteiger partial charge in [-0.2, -0.15) is 0 Å². The molecule has 0 aliphatic carbocycles. The summed E-state index contributed by atoms with van der Waals surface area (Å²) in [6, 6.07) is 15.4. The van der Waals surface area contributed by atoms with Crippen LogP contribution in [0.15, 0.2) is 54.7 Å². The summed E-state index contributed by atoms with van der Waals surface area (Å²) in [5.74, 6) is 1.66. The molecule has 0 spiro atoms. The number of amides is 1. The molecule has 0 unspecified atom stereocenters. The molecule has 14 heteroatoms. The third-order valence-electron chi connectivity index (χ3n) is 11.5. The predicted molar refractivity (Wildman–Crippen MR) is 257 cm³/mol. The molecule has 4 rings (SSSR count). The Bertz CT molecular complexity index is 1990. The summed E-state index contributed by atoms with van der Waals surface area (Å²) in [5.41, 5.74) is 6.92. The van der Waals surface area contributed by atoms with Gasteiger partial charge in [0.05, 0.1) is 35.6 Å². The van der Waals surface area contributed by atoms with Gasteiger partial charge in [0.2, 0.25) is 5.91 Å². The molecule has 2 heterocycles. The van der Waals surface area contributed by atoms with Gasteiger partial charge in [-0.05, 0) is 85.6 Å². The SMILES string of the molecule is CCC(=O)Nc1cc(Nc2cc(-c3c(-c4ccc(F)cc4)nc(CCCO[Si](C(C)C)(C(C)C)C(C)C)n3COCC[Si](C)(C)C)ccn2)c(OC)cc1N(C)CCN(C)C. The van der Waals surface area contributed by atoms with Crippen molar-refractivity contribution in [3.63, 3.8) is 0 Å². The van der Waals surface area contributed by atoms with Gasteiger partial charge in [0.25, 0.3) is 0 Å². The van der Waals surface area contributed by atoms with Crippen molar-refractivity contribution in [1.82, 2.24) is 19.4 Å². The molecule has 0 aliphatic heterocycles. The molecule has 2 aromatic heterocycles. The fourth-order valence-electron chi connectivity index (χ4n) is 8.19. The van der Waals surface area contributed by atoms with Crippen molar-refractivity contribution in [3.05, 3.63) is 66.4 Å². The van der Waals surface area contributed by atoms with Crippen LogP contribution in [-0.4, -0.2) is 96.3 Å². The van der Waals surface area contributed by atoms with Crippen LogP contribution in [0.25, 0.3) is 22.5 Å². The van der Waals surface area contributed by atoms with E-state index in [1.165, 1.54) is 12.1 Å². The van der Waals surface area contributed by atoms with Gasteiger partial charge in [0.15, 0.2) is 8.32 Å². The van der Waals surface area contributed by atoms with Crippen molar-refractivity contribution in [3.8, 4) is 28.3 Å². The van der Waals surface area contributed by atoms with E-state index >= 15 is 0 Å². The molecule has 0 atom stereocenters. The van der Waals surface area contributed by atoms with Gasteiger partial charge >= 0.3 is 0 Å². The molecule has 1 amide bonds. The number of likely N-dealkylation sites (N-methyl/N-ethyl adjacent to an activating group) is 2. The molecule has 0 aliphatic rings. The van der Waals surface area contributed by atoms with E-state index in [-0.39, 0.29) is 11.7 Å². The molecule has 0 saturated heterocycles. The van der Waals surface area contributed by atoms with Crippen molar-refractivity contribution in [2.45, 2.75) is 117 Å². The van der Waals surface area contributed by atoms with E-state index in [4.69, 9.17) is 23.9 Å². The first kappa shape index (κ1) is 49.6. The average Bonchev–Trinajstić information content (AvgIpc) is 3.56. The second-order valence-corrected chi connectivity index (χ2v) is 29.6. The van der Waals surface area contributed by atoms with E-state index in [1.807, 2.05) is 52.3 Å². The molecular formula is C47H74FN7O4Si2. The summed E-state index contributed by atoms with van der Waals surface area (Å²) in [7, 11) is 4.32. The van der Waals surface area contributed by atoms with Crippen LogP contribution in [0.2, 0.25) is 42.3 Å². The number of nitrogens with zero attached hydrogens (tertiary/aromatic N) is 5. The molecule has 0 fully saturated rings. The Hall–Kier alpha value is -4.09. The maximum Gasteiger partial charge on any atom is 0.224 e. The van der Waals surface area contributed by atoms with Crippen LogP contribution in [0.5, 0.6) is 5.75 Å². The third kappa shape index (κ3) is 13.2. The summed E-state index contributed by atoms with van der Waals surface area (Å²) in [6.07, 6.45) is 3.60. The zero-order valence-corrected chi connectivity index (χ0v) is 41.5. The number of pyridine rings is 1. The highest BCUT2D eigenvalue weighted by Crippen LogP contribution is 2.43. The van der Waals surface area contributed by atoms with Crippen LogP contribution in [0, 0.1) is 5.82 Å². The number of hydrogen-bond acceptors (Lipinski definition) is 9. The van der Waals surface area contributed by atoms with Crippen molar-refractivity contribution in [2.75, 3.05) is 70.1 Å². The Kier molecular flexibility index (Phi) is 18.1. The second kappa shape index (κ2) is 22.3. The Morgan fingerprint density at radius 1 is 0.885 bits per heavy atom. The van der Waals surface area contributed by atoms with Gasteiger partial charge in [-0.1, -0.05) is 68.1 Å². The normalized spacial score (nSPS) is 12.2. The molecule has 0 radical (unpaired) electrons. The number of benzene rings is 2. The number of aryl methyl sites for hydroxylation is 1. The van der Waals surface area contributed by atoms with Gasteiger partial charge in [-0.3, -0.25) is 4.79 Å². The third-order valence-corrected chi connectivity index (χ3v) is 19.3. The maximum atomic E-state index is 14.4. The lowest BCUT2D eigenvalue weighted by Gasteiger charge is -2.42. The molecule has 0 saturated carbocycles. The number of imidazole rings is 1. The molecule has 4 aromatic rings. The van der Waals surface area contributed by atoms with Gasteiger partial charge in [0.1, 0.15) is 29.9 Å². The van der Waals surface area contributed by atoms with Crippen LogP contribution in [-0.2, 0) is 27.1 Å². The molecule has 11 nitrogen and oxygen atoms in total. The maximum absolute atomic E-state index is 14.4. The number of anilines is 4. The molecule has 2 aromatic carbocycles. The molecule has 2 N–H and O–H groups in total. The van der Waals surface area contributed by atoms with E-state index in [0.29, 0.717) is 72.4 Å². The predicted octanol–water partition coefficient (Wildman–Crippen LogP) is 11.3. The number of carbonyl (C=O) groups is 1. The zero-order chi connectivity index (χ0) is 45.1. The second-order valence-electron chi connectivity index (χ2n) is 18.5. The van der Waals surface area contributed by atoms with Gasteiger partial charge in [-0.15, -0.1) is 0 Å². The number of aromatic nitrogens is 3. The molecule has 61 heavy (non-hydrogen) atoms. The summed E-state index contributed by atoms with van der Waals surface area (Å²) >= 11 is 0. The fraction of sp³-hybridized carbons (Fsp3) is 0.553. The summed E-state index contributed by atoms with van der Waals surface area (Å²) in [6.45, 7) is 26.0. The summed E-state index contributed by atoms with van der Waals surface area (Å²) < 4.78 is 35.9. The number of ether oxygens (including phenoxy) is 2. The van der Waals surface area contributed by atoms with Crippen molar-refractivity contribution in [2.24, 2.45) is 0 Å². The monoisotopic (exact) mass is 876 g/mol.